The number of aliphatic hydroxyl groups excluding tert-OH is 2. The quantitative estimate of drug-likeness (QED) is 0.0414. The fourth-order valence-corrected chi connectivity index (χ4v) is 4.49. The smallest absolute Gasteiger partial charge is 0.326 e. The van der Waals surface area contributed by atoms with Crippen molar-refractivity contribution < 1.29 is 68.7 Å². The third-order valence-corrected chi connectivity index (χ3v) is 7.29. The average Bonchev–Trinajstić information content (AvgIpc) is 3.10. The predicted molar refractivity (Wildman–Crippen MR) is 180 cm³/mol. The molecule has 15 N–H and O–H groups in total. The molecule has 6 amide bonds. The van der Waals surface area contributed by atoms with Crippen LogP contribution in [-0.2, 0) is 49.6 Å². The summed E-state index contributed by atoms with van der Waals surface area (Å²) in [4.78, 5) is 110. The van der Waals surface area contributed by atoms with Crippen LogP contribution in [0.3, 0.4) is 0 Å². The largest absolute Gasteiger partial charge is 0.481 e. The van der Waals surface area contributed by atoms with Gasteiger partial charge in [-0.25, -0.2) is 4.79 Å². The summed E-state index contributed by atoms with van der Waals surface area (Å²) < 4.78 is 0. The number of unbranched alkanes of at least 4 members (excludes halogenated alkanes) is 1. The van der Waals surface area contributed by atoms with E-state index >= 15 is 0 Å². The van der Waals surface area contributed by atoms with E-state index in [-0.39, 0.29) is 12.8 Å². The summed E-state index contributed by atoms with van der Waals surface area (Å²) in [6.45, 7) is -2.67. The number of carboxylic acids is 3. The molecule has 1 aromatic rings. The minimum absolute atomic E-state index is 0.0435. The summed E-state index contributed by atoms with van der Waals surface area (Å²) in [5.41, 5.74) is 11.4. The second-order valence-electron chi connectivity index (χ2n) is 11.6. The van der Waals surface area contributed by atoms with Crippen LogP contribution in [0.15, 0.2) is 30.3 Å². The Hall–Kier alpha value is -5.71. The summed E-state index contributed by atoms with van der Waals surface area (Å²) in [7, 11) is 0. The van der Waals surface area contributed by atoms with Crippen LogP contribution in [0, 0.1) is 0 Å². The van der Waals surface area contributed by atoms with Gasteiger partial charge in [0.1, 0.15) is 30.2 Å². The molecule has 0 saturated carbocycles. The molecule has 0 aliphatic rings. The van der Waals surface area contributed by atoms with Gasteiger partial charge in [-0.05, 0) is 31.4 Å². The SMILES string of the molecule is NCCCC[C@H](NC(=O)[C@H](Cc1ccccc1)NC(=O)[C@H](CO)NC(=O)[C@H](CC(=O)O)NC(=O)CNC(=O)[C@H](CO)NC(=O)[C@@H](N)CC(=O)O)C(=O)O. The van der Waals surface area contributed by atoms with Crippen LogP contribution in [0.2, 0.25) is 0 Å². The molecule has 0 aliphatic heterocycles. The van der Waals surface area contributed by atoms with Gasteiger partial charge in [0, 0.05) is 6.42 Å². The van der Waals surface area contributed by atoms with Crippen molar-refractivity contribution in [1.82, 2.24) is 31.9 Å². The Morgan fingerprint density at radius 1 is 0.604 bits per heavy atom. The molecule has 0 radical (unpaired) electrons. The maximum atomic E-state index is 13.2. The first-order valence-corrected chi connectivity index (χ1v) is 16.2. The van der Waals surface area contributed by atoms with E-state index in [0.717, 1.165) is 0 Å². The van der Waals surface area contributed by atoms with Crippen molar-refractivity contribution >= 4 is 53.4 Å². The number of aliphatic hydroxyl groups is 2. The van der Waals surface area contributed by atoms with Crippen LogP contribution in [0.1, 0.15) is 37.7 Å². The first kappa shape index (κ1) is 45.3. The van der Waals surface area contributed by atoms with E-state index in [4.69, 9.17) is 16.6 Å². The normalized spacial score (nSPS) is 14.1. The number of amides is 6. The number of hydrogen-bond acceptors (Lipinski definition) is 13. The lowest BCUT2D eigenvalue weighted by Crippen LogP contribution is -2.59. The summed E-state index contributed by atoms with van der Waals surface area (Å²) >= 11 is 0. The molecule has 22 heteroatoms. The number of hydrogen-bond donors (Lipinski definition) is 13. The summed E-state index contributed by atoms with van der Waals surface area (Å²) in [5.74, 6) is -11.0. The second-order valence-corrected chi connectivity index (χ2v) is 11.6. The van der Waals surface area contributed by atoms with Crippen LogP contribution in [0.25, 0.3) is 0 Å². The number of nitrogens with one attached hydrogen (secondary N) is 6. The Kier molecular flexibility index (Phi) is 20.3. The van der Waals surface area contributed by atoms with Crippen molar-refractivity contribution in [1.29, 1.82) is 0 Å². The highest BCUT2D eigenvalue weighted by Gasteiger charge is 2.32. The van der Waals surface area contributed by atoms with Gasteiger partial charge in [-0.15, -0.1) is 0 Å². The molecule has 6 atom stereocenters. The van der Waals surface area contributed by atoms with Gasteiger partial charge < -0.3 is 68.9 Å². The Balaban J connectivity index is 3.01. The molecule has 0 spiro atoms. The van der Waals surface area contributed by atoms with Crippen molar-refractivity contribution in [3.05, 3.63) is 35.9 Å². The zero-order chi connectivity index (χ0) is 40.1. The molecule has 53 heavy (non-hydrogen) atoms. The first-order valence-electron chi connectivity index (χ1n) is 16.2. The lowest BCUT2D eigenvalue weighted by Gasteiger charge is -2.25. The molecule has 1 rings (SSSR count). The van der Waals surface area contributed by atoms with Crippen molar-refractivity contribution in [2.75, 3.05) is 26.3 Å². The minimum Gasteiger partial charge on any atom is -0.481 e. The number of carboxylic acid groups (broad SMARTS) is 3. The van der Waals surface area contributed by atoms with Gasteiger partial charge >= 0.3 is 17.9 Å². The minimum atomic E-state index is -1.88. The molecule has 0 saturated heterocycles. The molecule has 0 bridgehead atoms. The summed E-state index contributed by atoms with van der Waals surface area (Å²) in [5, 5.41) is 59.9. The van der Waals surface area contributed by atoms with E-state index < -0.39 is 122 Å². The highest BCUT2D eigenvalue weighted by molar-refractivity contribution is 5.97. The molecule has 22 nitrogen and oxygen atoms in total. The monoisotopic (exact) mass is 754 g/mol. The zero-order valence-electron chi connectivity index (χ0n) is 28.5. The zero-order valence-corrected chi connectivity index (χ0v) is 28.5. The van der Waals surface area contributed by atoms with Crippen LogP contribution >= 0.6 is 0 Å². The Bertz CT molecular complexity index is 1450. The van der Waals surface area contributed by atoms with Gasteiger partial charge in [0.2, 0.25) is 35.4 Å². The molecule has 0 fully saturated rings. The van der Waals surface area contributed by atoms with Crippen LogP contribution in [0.4, 0.5) is 0 Å². The maximum absolute atomic E-state index is 13.2. The topological polar surface area (TPSA) is 379 Å². The lowest BCUT2D eigenvalue weighted by molar-refractivity contribution is -0.142. The van der Waals surface area contributed by atoms with E-state index in [1.54, 1.807) is 30.3 Å². The number of carbonyl (C=O) groups is 9. The highest BCUT2D eigenvalue weighted by Crippen LogP contribution is 2.07. The van der Waals surface area contributed by atoms with Gasteiger partial charge in [0.15, 0.2) is 0 Å². The number of rotatable bonds is 25. The van der Waals surface area contributed by atoms with Crippen molar-refractivity contribution in [2.24, 2.45) is 11.5 Å². The van der Waals surface area contributed by atoms with E-state index in [0.29, 0.717) is 24.9 Å². The fraction of sp³-hybridized carbons (Fsp3) is 0.516. The Morgan fingerprint density at radius 2 is 1.11 bits per heavy atom. The number of aliphatic carboxylic acids is 3. The first-order chi connectivity index (χ1) is 25.0. The van der Waals surface area contributed by atoms with E-state index in [2.05, 4.69) is 16.0 Å². The van der Waals surface area contributed by atoms with Gasteiger partial charge in [-0.3, -0.25) is 38.4 Å². The van der Waals surface area contributed by atoms with E-state index in [9.17, 15) is 63.6 Å². The van der Waals surface area contributed by atoms with Gasteiger partial charge in [0.05, 0.1) is 38.6 Å². The predicted octanol–water partition coefficient (Wildman–Crippen LogP) is -5.76. The molecular formula is C31H46N8O14. The second kappa shape index (κ2) is 23.7. The van der Waals surface area contributed by atoms with Crippen molar-refractivity contribution in [3.63, 3.8) is 0 Å². The van der Waals surface area contributed by atoms with Crippen LogP contribution in [-0.4, -0.2) is 141 Å². The molecular weight excluding hydrogens is 708 g/mol. The molecule has 1 aromatic carbocycles. The van der Waals surface area contributed by atoms with Crippen molar-refractivity contribution in [3.8, 4) is 0 Å². The van der Waals surface area contributed by atoms with Gasteiger partial charge in [-0.2, -0.15) is 0 Å². The molecule has 0 heterocycles. The van der Waals surface area contributed by atoms with E-state index in [1.165, 1.54) is 0 Å². The fourth-order valence-electron chi connectivity index (χ4n) is 4.49. The molecule has 0 unspecified atom stereocenters. The summed E-state index contributed by atoms with van der Waals surface area (Å²) in [6, 6.07) is -1.38. The maximum Gasteiger partial charge on any atom is 0.326 e. The standard InChI is InChI=1S/C31H46N8O14/c32-9-5-4-8-18(31(52)53)36-28(49)19(10-16-6-2-1-3-7-16)37-30(51)22(15-41)39-29(50)20(12-25(45)46)35-23(42)13-34-27(48)21(14-40)38-26(47)17(33)11-24(43)44/h1-3,6-7,17-22,40-41H,4-5,8-15,32-33H2,(H,34,48)(H,35,42)(H,36,49)(H,37,51)(H,38,47)(H,39,50)(H,43,44)(H,45,46)(H,52,53)/t17-,18-,19-,20-,21-,22-/m0/s1. The third-order valence-electron chi connectivity index (χ3n) is 7.29. The summed E-state index contributed by atoms with van der Waals surface area (Å²) in [6.07, 6.45) is -1.04. The number of nitrogens with two attached hydrogens (primary N) is 2. The van der Waals surface area contributed by atoms with E-state index in [1.807, 2.05) is 16.0 Å². The van der Waals surface area contributed by atoms with Crippen molar-refractivity contribution in [2.45, 2.75) is 74.8 Å². The lowest BCUT2D eigenvalue weighted by atomic mass is 10.0. The van der Waals surface area contributed by atoms with Crippen LogP contribution in [0.5, 0.6) is 0 Å². The number of benzene rings is 1. The Labute approximate surface area is 302 Å². The molecule has 0 aliphatic carbocycles. The van der Waals surface area contributed by atoms with Gasteiger partial charge in [0.25, 0.3) is 0 Å². The third kappa shape index (κ3) is 17.4. The average molecular weight is 755 g/mol. The highest BCUT2D eigenvalue weighted by atomic mass is 16.4. The number of carbonyl (C=O) groups excluding carboxylic acids is 6. The Morgan fingerprint density at radius 3 is 1.66 bits per heavy atom. The van der Waals surface area contributed by atoms with Crippen LogP contribution < -0.4 is 43.4 Å². The van der Waals surface area contributed by atoms with Gasteiger partial charge in [-0.1, -0.05) is 30.3 Å². The molecule has 0 aromatic heterocycles. The molecule has 294 valence electrons.